The molecule has 104 heavy (non-hydrogen) atoms. The maximum atomic E-state index is 5.36. The van der Waals surface area contributed by atoms with Crippen LogP contribution < -0.4 is 0 Å². The standard InChI is InChI=1S/C52H34N4.C45H29N3/c1-6-18-35(19-7-1)38-30-31-47-43(32-38)44-33-46-42(41-28-16-17-29-45(41)52(46,39-24-12-4-13-25-39)40-26-14-5-15-27-40)34-48(44)56(47)51-54-49(36-20-8-2-9-21-36)53-50(55-51)37-22-10-3-11-23-37;1-4-16-30(17-5-1)43-44(47-40-26-14-13-25-39(40)46-43)48-41-27-15-11-23-34(41)36-28-38-35(29-42(36)48)33-22-10-12-24-37(33)45(38,31-18-6-2-7-19-31)32-20-8-3-9-21-32/h1-34H;1-29H. The van der Waals surface area contributed by atoms with E-state index in [9.17, 15) is 0 Å². The highest BCUT2D eigenvalue weighted by atomic mass is 15.2. The second-order valence-corrected chi connectivity index (χ2v) is 26.9. The van der Waals surface area contributed by atoms with Crippen LogP contribution in [0, 0.1) is 0 Å². The molecule has 21 rings (SSSR count). The third-order valence-electron chi connectivity index (χ3n) is 21.4. The summed E-state index contributed by atoms with van der Waals surface area (Å²) in [4.78, 5) is 26.1. The second kappa shape index (κ2) is 24.6. The van der Waals surface area contributed by atoms with Gasteiger partial charge in [0.15, 0.2) is 17.5 Å². The van der Waals surface area contributed by atoms with Crippen LogP contribution in [0.25, 0.3) is 134 Å². The van der Waals surface area contributed by atoms with Crippen LogP contribution in [0.3, 0.4) is 0 Å². The molecule has 7 heteroatoms. The number of para-hydroxylation sites is 3. The van der Waals surface area contributed by atoms with Crippen molar-refractivity contribution in [2.45, 2.75) is 10.8 Å². The van der Waals surface area contributed by atoms with Crippen molar-refractivity contribution >= 4 is 54.6 Å². The summed E-state index contributed by atoms with van der Waals surface area (Å²) in [5, 5.41) is 4.67. The fourth-order valence-electron chi connectivity index (χ4n) is 16.9. The normalized spacial score (nSPS) is 13.0. The van der Waals surface area contributed by atoms with Crippen molar-refractivity contribution in [3.63, 3.8) is 0 Å². The number of nitrogens with zero attached hydrogens (tertiary/aromatic N) is 7. The molecule has 4 aromatic heterocycles. The van der Waals surface area contributed by atoms with E-state index in [-0.39, 0.29) is 0 Å². The Morgan fingerprint density at radius 3 is 1.09 bits per heavy atom. The van der Waals surface area contributed by atoms with Crippen LogP contribution in [0.2, 0.25) is 0 Å². The number of fused-ring (bicyclic) bond motifs is 13. The van der Waals surface area contributed by atoms with Crippen molar-refractivity contribution in [2.24, 2.45) is 0 Å². The molecule has 15 aromatic carbocycles. The molecule has 0 fully saturated rings. The molecule has 2 aliphatic carbocycles. The Balaban J connectivity index is 0.000000140. The van der Waals surface area contributed by atoms with Crippen LogP contribution in [0.4, 0.5) is 0 Å². The van der Waals surface area contributed by atoms with E-state index in [2.05, 4.69) is 331 Å². The minimum absolute atomic E-state index is 0.468. The van der Waals surface area contributed by atoms with Crippen molar-refractivity contribution in [1.29, 1.82) is 0 Å². The molecule has 2 aliphatic rings. The molecule has 0 atom stereocenters. The van der Waals surface area contributed by atoms with Crippen LogP contribution in [0.5, 0.6) is 0 Å². The van der Waals surface area contributed by atoms with E-state index in [0.29, 0.717) is 17.6 Å². The fourth-order valence-corrected chi connectivity index (χ4v) is 16.9. The van der Waals surface area contributed by atoms with Gasteiger partial charge >= 0.3 is 0 Å². The van der Waals surface area contributed by atoms with Crippen molar-refractivity contribution in [2.75, 3.05) is 0 Å². The Hall–Kier alpha value is -13.8. The second-order valence-electron chi connectivity index (χ2n) is 26.9. The lowest BCUT2D eigenvalue weighted by Gasteiger charge is -2.33. The van der Waals surface area contributed by atoms with Gasteiger partial charge in [-0.1, -0.05) is 328 Å². The summed E-state index contributed by atoms with van der Waals surface area (Å²) in [5.74, 6) is 2.66. The first kappa shape index (κ1) is 60.2. The van der Waals surface area contributed by atoms with E-state index in [1.165, 1.54) is 83.1 Å². The summed E-state index contributed by atoms with van der Waals surface area (Å²) in [5.41, 5.74) is 26.2. The molecule has 0 aliphatic heterocycles. The van der Waals surface area contributed by atoms with Gasteiger partial charge in [-0.2, -0.15) is 9.97 Å². The zero-order valence-corrected chi connectivity index (χ0v) is 56.5. The molecule has 0 bridgehead atoms. The molecule has 0 spiro atoms. The van der Waals surface area contributed by atoms with Crippen molar-refractivity contribution < 1.29 is 0 Å². The van der Waals surface area contributed by atoms with Gasteiger partial charge < -0.3 is 0 Å². The average Bonchev–Trinajstić information content (AvgIpc) is 1.53. The predicted octanol–water partition coefficient (Wildman–Crippen LogP) is 23.1. The van der Waals surface area contributed by atoms with Crippen LogP contribution in [-0.2, 0) is 10.8 Å². The Labute approximate surface area is 601 Å². The molecule has 7 nitrogen and oxygen atoms in total. The monoisotopic (exact) mass is 1330 g/mol. The SMILES string of the molecule is c1ccc(-c2ccc3c(c2)c2cc4c(cc2n3-c2nc(-c3ccccc3)nc(-c3ccccc3)n2)-c2ccccc2C4(c2ccccc2)c2ccccc2)cc1.c1ccc(-c2nc3ccccc3nc2-n2c3ccccc3c3cc4c(cc32)-c2ccccc2C4(c2ccccc2)c2ccccc2)cc1. The van der Waals surface area contributed by atoms with E-state index < -0.39 is 10.8 Å². The zero-order valence-electron chi connectivity index (χ0n) is 56.5. The molecule has 0 N–H and O–H groups in total. The lowest BCUT2D eigenvalue weighted by Crippen LogP contribution is -2.28. The largest absolute Gasteiger partial charge is 0.292 e. The van der Waals surface area contributed by atoms with Crippen LogP contribution in [0.15, 0.2) is 382 Å². The van der Waals surface area contributed by atoms with E-state index >= 15 is 0 Å². The highest BCUT2D eigenvalue weighted by Crippen LogP contribution is 2.60. The van der Waals surface area contributed by atoms with Gasteiger partial charge in [0, 0.05) is 38.2 Å². The van der Waals surface area contributed by atoms with Gasteiger partial charge in [-0.15, -0.1) is 0 Å². The first-order valence-electron chi connectivity index (χ1n) is 35.5. The summed E-state index contributed by atoms with van der Waals surface area (Å²) in [6.45, 7) is 0. The average molecular weight is 1330 g/mol. The van der Waals surface area contributed by atoms with Gasteiger partial charge in [-0.25, -0.2) is 15.0 Å². The number of benzene rings is 15. The van der Waals surface area contributed by atoms with Gasteiger partial charge in [-0.05, 0) is 132 Å². The van der Waals surface area contributed by atoms with Gasteiger partial charge in [0.05, 0.1) is 43.9 Å². The summed E-state index contributed by atoms with van der Waals surface area (Å²) in [7, 11) is 0. The summed E-state index contributed by atoms with van der Waals surface area (Å²) in [6, 6.07) is 137. The molecule has 0 radical (unpaired) electrons. The maximum absolute atomic E-state index is 5.36. The lowest BCUT2D eigenvalue weighted by molar-refractivity contribution is 0.769. The maximum Gasteiger partial charge on any atom is 0.238 e. The first-order chi connectivity index (χ1) is 51.6. The third kappa shape index (κ3) is 9.41. The van der Waals surface area contributed by atoms with E-state index in [1.807, 2.05) is 60.7 Å². The number of aromatic nitrogens is 7. The molecule has 0 amide bonds. The molecule has 486 valence electrons. The Morgan fingerprint density at radius 2 is 0.587 bits per heavy atom. The molecule has 0 saturated carbocycles. The van der Waals surface area contributed by atoms with Crippen LogP contribution in [0.1, 0.15) is 44.5 Å². The first-order valence-corrected chi connectivity index (χ1v) is 35.5. The molecule has 4 heterocycles. The third-order valence-corrected chi connectivity index (χ3v) is 21.4. The van der Waals surface area contributed by atoms with Crippen molar-refractivity contribution in [3.05, 3.63) is 427 Å². The van der Waals surface area contributed by atoms with Gasteiger partial charge in [0.2, 0.25) is 5.95 Å². The smallest absolute Gasteiger partial charge is 0.238 e. The lowest BCUT2D eigenvalue weighted by atomic mass is 9.67. The minimum atomic E-state index is -0.526. The predicted molar refractivity (Wildman–Crippen MR) is 424 cm³/mol. The van der Waals surface area contributed by atoms with E-state index in [0.717, 1.165) is 77.6 Å². The molecular formula is C97H63N7. The molecule has 0 saturated heterocycles. The quantitative estimate of drug-likeness (QED) is 0.136. The summed E-state index contributed by atoms with van der Waals surface area (Å²) >= 11 is 0. The van der Waals surface area contributed by atoms with Crippen molar-refractivity contribution in [3.8, 4) is 79.2 Å². The fraction of sp³-hybridized carbons (Fsp3) is 0.0206. The Kier molecular flexibility index (Phi) is 14.2. The zero-order chi connectivity index (χ0) is 68.7. The van der Waals surface area contributed by atoms with E-state index in [4.69, 9.17) is 24.9 Å². The van der Waals surface area contributed by atoms with Gasteiger partial charge in [-0.3, -0.25) is 9.13 Å². The highest BCUT2D eigenvalue weighted by molar-refractivity contribution is 6.14. The molecule has 0 unspecified atom stereocenters. The summed E-state index contributed by atoms with van der Waals surface area (Å²) < 4.78 is 4.58. The van der Waals surface area contributed by atoms with Crippen LogP contribution in [-0.4, -0.2) is 34.1 Å². The highest BCUT2D eigenvalue weighted by Gasteiger charge is 2.48. The number of rotatable bonds is 10. The van der Waals surface area contributed by atoms with Gasteiger partial charge in [0.1, 0.15) is 5.69 Å². The number of hydrogen-bond donors (Lipinski definition) is 0. The molecular weight excluding hydrogens is 1260 g/mol. The van der Waals surface area contributed by atoms with Crippen molar-refractivity contribution in [1.82, 2.24) is 34.1 Å². The minimum Gasteiger partial charge on any atom is -0.292 e. The van der Waals surface area contributed by atoms with Crippen LogP contribution >= 0.6 is 0 Å². The molecule has 19 aromatic rings. The van der Waals surface area contributed by atoms with E-state index in [1.54, 1.807) is 0 Å². The summed E-state index contributed by atoms with van der Waals surface area (Å²) in [6.07, 6.45) is 0. The Morgan fingerprint density at radius 1 is 0.212 bits per heavy atom. The Bertz CT molecular complexity index is 6360. The van der Waals surface area contributed by atoms with Gasteiger partial charge in [0.25, 0.3) is 0 Å². The number of hydrogen-bond acceptors (Lipinski definition) is 5. The topological polar surface area (TPSA) is 74.3 Å².